The van der Waals surface area contributed by atoms with E-state index in [0.29, 0.717) is 17.0 Å². The third-order valence-corrected chi connectivity index (χ3v) is 5.36. The minimum atomic E-state index is -4.13. The number of hydrogen-bond donors (Lipinski definition) is 1. The van der Waals surface area contributed by atoms with Crippen molar-refractivity contribution in [3.05, 3.63) is 24.3 Å². The molecule has 0 spiro atoms. The molecule has 3 rings (SSSR count). The van der Waals surface area contributed by atoms with Crippen molar-refractivity contribution < 1.29 is 13.2 Å². The molecule has 2 nitrogen and oxygen atoms in total. The molecule has 0 radical (unpaired) electrons. The van der Waals surface area contributed by atoms with Crippen LogP contribution in [0.1, 0.15) is 19.3 Å². The summed E-state index contributed by atoms with van der Waals surface area (Å²) in [6.45, 7) is 2.26. The Morgan fingerprint density at radius 3 is 2.81 bits per heavy atom. The van der Waals surface area contributed by atoms with Gasteiger partial charge in [-0.25, -0.2) is 0 Å². The second-order valence-corrected chi connectivity index (χ2v) is 6.70. The maximum Gasteiger partial charge on any atom is 0.398 e. The summed E-state index contributed by atoms with van der Waals surface area (Å²) in [6.07, 6.45) is -0.640. The number of fused-ring (bicyclic) bond motifs is 1. The summed E-state index contributed by atoms with van der Waals surface area (Å²) in [4.78, 5) is 3.18. The second kappa shape index (κ2) is 6.08. The number of nitrogens with zero attached hydrogens (tertiary/aromatic N) is 1. The minimum Gasteiger partial charge on any atom is -0.380 e. The molecule has 1 aromatic rings. The van der Waals surface area contributed by atoms with Gasteiger partial charge in [-0.1, -0.05) is 12.1 Å². The number of nitrogens with one attached hydrogen (secondary N) is 1. The van der Waals surface area contributed by atoms with Crippen LogP contribution in [0.15, 0.2) is 29.2 Å². The maximum atomic E-state index is 12.4. The third-order valence-electron chi connectivity index (χ3n) is 4.23. The van der Waals surface area contributed by atoms with E-state index in [1.165, 1.54) is 12.8 Å². The quantitative estimate of drug-likeness (QED) is 0.846. The topological polar surface area (TPSA) is 15.3 Å². The first-order valence-corrected chi connectivity index (χ1v) is 8.31. The lowest BCUT2D eigenvalue weighted by Crippen LogP contribution is -2.33. The Hall–Kier alpha value is -0.880. The molecule has 2 aliphatic heterocycles. The first kappa shape index (κ1) is 15.0. The fourth-order valence-corrected chi connectivity index (χ4v) is 4.10. The van der Waals surface area contributed by atoms with Crippen LogP contribution in [0.5, 0.6) is 0 Å². The van der Waals surface area contributed by atoms with E-state index >= 15 is 0 Å². The molecule has 2 saturated heterocycles. The zero-order chi connectivity index (χ0) is 14.9. The van der Waals surface area contributed by atoms with Gasteiger partial charge in [-0.3, -0.25) is 4.90 Å². The van der Waals surface area contributed by atoms with Gasteiger partial charge in [0, 0.05) is 29.2 Å². The van der Waals surface area contributed by atoms with Crippen LogP contribution >= 0.6 is 11.8 Å². The zero-order valence-electron chi connectivity index (χ0n) is 11.7. The minimum absolute atomic E-state index is 0.361. The first-order chi connectivity index (χ1) is 10.0. The smallest absolute Gasteiger partial charge is 0.380 e. The summed E-state index contributed by atoms with van der Waals surface area (Å²) in [6, 6.07) is 8.23. The number of benzene rings is 1. The van der Waals surface area contributed by atoms with Crippen LogP contribution < -0.4 is 5.32 Å². The lowest BCUT2D eigenvalue weighted by Gasteiger charge is -2.23. The van der Waals surface area contributed by atoms with E-state index < -0.39 is 11.9 Å². The first-order valence-electron chi connectivity index (χ1n) is 7.32. The van der Waals surface area contributed by atoms with Gasteiger partial charge in [0.1, 0.15) is 0 Å². The van der Waals surface area contributed by atoms with Crippen molar-refractivity contribution >= 4 is 17.4 Å². The van der Waals surface area contributed by atoms with Crippen molar-refractivity contribution in [3.8, 4) is 0 Å². The lowest BCUT2D eigenvalue weighted by molar-refractivity contribution is -0.105. The van der Waals surface area contributed by atoms with Crippen molar-refractivity contribution in [2.24, 2.45) is 0 Å². The van der Waals surface area contributed by atoms with Crippen LogP contribution in [0.25, 0.3) is 0 Å². The SMILES string of the molecule is FC(F)(F)CSc1ccccc1NC1CCN2CCCC12. The van der Waals surface area contributed by atoms with E-state index in [9.17, 15) is 13.2 Å². The Balaban J connectivity index is 1.67. The molecule has 1 aromatic carbocycles. The number of rotatable bonds is 4. The van der Waals surface area contributed by atoms with E-state index in [1.807, 2.05) is 12.1 Å². The molecule has 2 aliphatic rings. The highest BCUT2D eigenvalue weighted by Crippen LogP contribution is 2.35. The van der Waals surface area contributed by atoms with Crippen LogP contribution in [0.3, 0.4) is 0 Å². The molecule has 2 fully saturated rings. The number of thioether (sulfide) groups is 1. The number of anilines is 1. The molecular weight excluding hydrogens is 297 g/mol. The summed E-state index contributed by atoms with van der Waals surface area (Å²) in [5, 5.41) is 3.49. The molecule has 2 heterocycles. The molecule has 2 atom stereocenters. The van der Waals surface area contributed by atoms with Gasteiger partial charge < -0.3 is 5.32 Å². The molecule has 2 unspecified atom stereocenters. The Morgan fingerprint density at radius 1 is 1.19 bits per heavy atom. The van der Waals surface area contributed by atoms with E-state index in [2.05, 4.69) is 10.2 Å². The third kappa shape index (κ3) is 3.66. The summed E-state index contributed by atoms with van der Waals surface area (Å²) in [5.41, 5.74) is 0.838. The average molecular weight is 316 g/mol. The van der Waals surface area contributed by atoms with Gasteiger partial charge >= 0.3 is 6.18 Å². The molecule has 1 N–H and O–H groups in total. The van der Waals surface area contributed by atoms with Crippen LogP contribution in [-0.2, 0) is 0 Å². The van der Waals surface area contributed by atoms with Gasteiger partial charge in [-0.15, -0.1) is 11.8 Å². The standard InChI is InChI=1S/C15H19F3N2S/c16-15(17,18)10-21-14-6-2-1-4-12(14)19-11-7-9-20-8-3-5-13(11)20/h1-2,4,6,11,13,19H,3,5,7-10H2. The predicted octanol–water partition coefficient (Wildman–Crippen LogP) is 3.99. The largest absolute Gasteiger partial charge is 0.398 e. The summed E-state index contributed by atoms with van der Waals surface area (Å²) in [5.74, 6) is -0.841. The molecule has 0 amide bonds. The van der Waals surface area contributed by atoms with Crippen molar-refractivity contribution in [2.75, 3.05) is 24.2 Å². The van der Waals surface area contributed by atoms with Crippen LogP contribution in [0, 0.1) is 0 Å². The highest BCUT2D eigenvalue weighted by Gasteiger charge is 2.37. The van der Waals surface area contributed by atoms with Gasteiger partial charge in [0.2, 0.25) is 0 Å². The van der Waals surface area contributed by atoms with E-state index in [1.54, 1.807) is 12.1 Å². The van der Waals surface area contributed by atoms with Crippen LogP contribution in [0.2, 0.25) is 0 Å². The fourth-order valence-electron chi connectivity index (χ4n) is 3.32. The van der Waals surface area contributed by atoms with Crippen molar-refractivity contribution in [1.82, 2.24) is 4.90 Å². The molecule has 21 heavy (non-hydrogen) atoms. The Labute approximate surface area is 127 Å². The van der Waals surface area contributed by atoms with Gasteiger partial charge in [0.05, 0.1) is 5.75 Å². The van der Waals surface area contributed by atoms with Crippen molar-refractivity contribution in [1.29, 1.82) is 0 Å². The molecule has 0 bridgehead atoms. The van der Waals surface area contributed by atoms with E-state index in [0.717, 1.165) is 37.0 Å². The van der Waals surface area contributed by atoms with E-state index in [-0.39, 0.29) is 0 Å². The zero-order valence-corrected chi connectivity index (χ0v) is 12.5. The lowest BCUT2D eigenvalue weighted by atomic mass is 10.1. The Bertz CT molecular complexity index is 492. The van der Waals surface area contributed by atoms with Crippen LogP contribution in [0.4, 0.5) is 18.9 Å². The summed E-state index contributed by atoms with van der Waals surface area (Å²) in [7, 11) is 0. The average Bonchev–Trinajstić information content (AvgIpc) is 3.02. The Morgan fingerprint density at radius 2 is 2.00 bits per heavy atom. The van der Waals surface area contributed by atoms with Gasteiger partial charge in [-0.2, -0.15) is 13.2 Å². The molecule has 0 saturated carbocycles. The van der Waals surface area contributed by atoms with Gasteiger partial charge in [-0.05, 0) is 37.9 Å². The van der Waals surface area contributed by atoms with Crippen molar-refractivity contribution in [3.63, 3.8) is 0 Å². The number of para-hydroxylation sites is 1. The number of hydrogen-bond acceptors (Lipinski definition) is 3. The van der Waals surface area contributed by atoms with Gasteiger partial charge in [0.15, 0.2) is 0 Å². The summed E-state index contributed by atoms with van der Waals surface area (Å²) < 4.78 is 37.2. The Kier molecular flexibility index (Phi) is 4.36. The van der Waals surface area contributed by atoms with Gasteiger partial charge in [0.25, 0.3) is 0 Å². The van der Waals surface area contributed by atoms with Crippen LogP contribution in [-0.4, -0.2) is 42.0 Å². The molecule has 116 valence electrons. The van der Waals surface area contributed by atoms with Crippen molar-refractivity contribution in [2.45, 2.75) is 42.4 Å². The maximum absolute atomic E-state index is 12.4. The highest BCUT2D eigenvalue weighted by atomic mass is 32.2. The fraction of sp³-hybridized carbons (Fsp3) is 0.600. The van der Waals surface area contributed by atoms with E-state index in [4.69, 9.17) is 0 Å². The highest BCUT2D eigenvalue weighted by molar-refractivity contribution is 7.99. The molecule has 0 aromatic heterocycles. The number of halogens is 3. The number of alkyl halides is 3. The molecule has 0 aliphatic carbocycles. The predicted molar refractivity (Wildman–Crippen MR) is 79.8 cm³/mol. The summed E-state index contributed by atoms with van der Waals surface area (Å²) >= 11 is 0.862. The molecular formula is C15H19F3N2S. The second-order valence-electron chi connectivity index (χ2n) is 5.69. The molecule has 6 heteroatoms. The normalized spacial score (nSPS) is 26.0. The monoisotopic (exact) mass is 316 g/mol.